The van der Waals surface area contributed by atoms with Crippen molar-refractivity contribution in [1.29, 1.82) is 0 Å². The lowest BCUT2D eigenvalue weighted by atomic mass is 10.2. The quantitative estimate of drug-likeness (QED) is 0.577. The Morgan fingerprint density at radius 3 is 2.55 bits per heavy atom. The normalized spacial score (nSPS) is 9.32. The van der Waals surface area contributed by atoms with Crippen LogP contribution >= 0.6 is 0 Å². The Morgan fingerprint density at radius 2 is 1.82 bits per heavy atom. The summed E-state index contributed by atoms with van der Waals surface area (Å²) < 4.78 is 7.69. The van der Waals surface area contributed by atoms with Gasteiger partial charge in [-0.1, -0.05) is 18.8 Å². The van der Waals surface area contributed by atoms with Gasteiger partial charge in [0, 0.05) is 30.9 Å². The highest BCUT2D eigenvalue weighted by atomic mass is 16.5. The molecule has 1 aromatic carbocycles. The fourth-order valence-corrected chi connectivity index (χ4v) is 1.93. The third kappa shape index (κ3) is 5.81. The summed E-state index contributed by atoms with van der Waals surface area (Å²) in [6, 6.07) is 11.9. The van der Waals surface area contributed by atoms with E-state index in [1.165, 1.54) is 0 Å². The zero-order valence-electron chi connectivity index (χ0n) is 13.0. The van der Waals surface area contributed by atoms with Crippen LogP contribution in [0.4, 0.5) is 0 Å². The van der Waals surface area contributed by atoms with Crippen LogP contribution in [0.1, 0.15) is 31.7 Å². The predicted molar refractivity (Wildman–Crippen MR) is 90.5 cm³/mol. The Kier molecular flexibility index (Phi) is 6.73. The monoisotopic (exact) mass is 291 g/mol. The van der Waals surface area contributed by atoms with Crippen LogP contribution in [0.25, 0.3) is 0 Å². The van der Waals surface area contributed by atoms with E-state index < -0.39 is 0 Å². The summed E-state index contributed by atoms with van der Waals surface area (Å²) in [6.07, 6.45) is 7.08. The molecule has 2 aromatic rings. The molecule has 2 nitrogen and oxygen atoms in total. The summed E-state index contributed by atoms with van der Waals surface area (Å²) in [7, 11) is 0. The minimum Gasteiger partial charge on any atom is -0.494 e. The van der Waals surface area contributed by atoms with Crippen molar-refractivity contribution < 1.29 is 4.74 Å². The maximum absolute atomic E-state index is 5.53. The van der Waals surface area contributed by atoms with Crippen molar-refractivity contribution in [3.05, 3.63) is 54.4 Å². The molecule has 0 saturated carbocycles. The fourth-order valence-electron chi connectivity index (χ4n) is 1.93. The molecule has 0 atom stereocenters. The number of aromatic nitrogens is 1. The van der Waals surface area contributed by atoms with E-state index in [1.54, 1.807) is 0 Å². The third-order valence-corrected chi connectivity index (χ3v) is 3.07. The van der Waals surface area contributed by atoms with Gasteiger partial charge in [-0.25, -0.2) is 0 Å². The van der Waals surface area contributed by atoms with Crippen molar-refractivity contribution >= 4 is 0 Å². The van der Waals surface area contributed by atoms with Crippen LogP contribution in [0, 0.1) is 23.7 Å². The zero-order valence-corrected chi connectivity index (χ0v) is 13.0. The maximum atomic E-state index is 5.53. The Morgan fingerprint density at radius 1 is 1.05 bits per heavy atom. The molecule has 0 N–H and O–H groups in total. The molecule has 0 unspecified atom stereocenters. The SMILES string of the molecule is CCCOc1ccc(C#CC#CCCCn2cccc2)cc1. The van der Waals surface area contributed by atoms with Gasteiger partial charge < -0.3 is 9.30 Å². The summed E-state index contributed by atoms with van der Waals surface area (Å²) >= 11 is 0. The summed E-state index contributed by atoms with van der Waals surface area (Å²) in [5.41, 5.74) is 0.963. The molecule has 0 saturated heterocycles. The first-order valence-corrected chi connectivity index (χ1v) is 7.71. The fraction of sp³-hybridized carbons (Fsp3) is 0.300. The van der Waals surface area contributed by atoms with E-state index in [1.807, 2.05) is 36.4 Å². The number of hydrogen-bond donors (Lipinski definition) is 0. The van der Waals surface area contributed by atoms with E-state index in [0.717, 1.165) is 43.7 Å². The largest absolute Gasteiger partial charge is 0.494 e. The van der Waals surface area contributed by atoms with E-state index in [9.17, 15) is 0 Å². The highest BCUT2D eigenvalue weighted by Gasteiger charge is 1.92. The van der Waals surface area contributed by atoms with Gasteiger partial charge >= 0.3 is 0 Å². The lowest BCUT2D eigenvalue weighted by Gasteiger charge is -2.03. The molecule has 2 heteroatoms. The van der Waals surface area contributed by atoms with Crippen molar-refractivity contribution in [2.24, 2.45) is 0 Å². The lowest BCUT2D eigenvalue weighted by Crippen LogP contribution is -1.94. The highest BCUT2D eigenvalue weighted by molar-refractivity contribution is 5.42. The van der Waals surface area contributed by atoms with E-state index in [-0.39, 0.29) is 0 Å². The highest BCUT2D eigenvalue weighted by Crippen LogP contribution is 2.11. The molecule has 0 radical (unpaired) electrons. The Bertz CT molecular complexity index is 660. The second kappa shape index (κ2) is 9.37. The molecule has 0 fully saturated rings. The maximum Gasteiger partial charge on any atom is 0.119 e. The molecule has 0 bridgehead atoms. The van der Waals surface area contributed by atoms with E-state index in [2.05, 4.69) is 47.6 Å². The van der Waals surface area contributed by atoms with Crippen LogP contribution in [0.2, 0.25) is 0 Å². The first-order chi connectivity index (χ1) is 10.9. The van der Waals surface area contributed by atoms with Crippen molar-refractivity contribution in [3.63, 3.8) is 0 Å². The van der Waals surface area contributed by atoms with Gasteiger partial charge in [-0.2, -0.15) is 0 Å². The number of benzene rings is 1. The molecule has 0 aliphatic heterocycles. The first kappa shape index (κ1) is 15.8. The minimum atomic E-state index is 0.750. The predicted octanol–water partition coefficient (Wildman–Crippen LogP) is 4.11. The molecular weight excluding hydrogens is 270 g/mol. The topological polar surface area (TPSA) is 14.2 Å². The molecule has 2 rings (SSSR count). The number of ether oxygens (including phenoxy) is 1. The van der Waals surface area contributed by atoms with Crippen molar-refractivity contribution in [3.8, 4) is 29.4 Å². The molecule has 0 amide bonds. The van der Waals surface area contributed by atoms with Crippen LogP contribution in [0.5, 0.6) is 5.75 Å². The molecule has 22 heavy (non-hydrogen) atoms. The molecule has 112 valence electrons. The standard InChI is InChI=1S/C20H21NO/c1-2-18-22-20-13-11-19(12-14-20)10-6-4-3-5-7-15-21-16-8-9-17-21/h8-9,11-14,16-17H,2,5,7,15,18H2,1H3. The Labute approximate surface area is 133 Å². The van der Waals surface area contributed by atoms with Crippen molar-refractivity contribution in [2.45, 2.75) is 32.7 Å². The summed E-state index contributed by atoms with van der Waals surface area (Å²) in [4.78, 5) is 0. The Hall–Kier alpha value is -2.58. The van der Waals surface area contributed by atoms with Crippen LogP contribution in [-0.4, -0.2) is 11.2 Å². The van der Waals surface area contributed by atoms with Gasteiger partial charge in [0.1, 0.15) is 5.75 Å². The van der Waals surface area contributed by atoms with Crippen molar-refractivity contribution in [1.82, 2.24) is 4.57 Å². The summed E-state index contributed by atoms with van der Waals surface area (Å²) in [6.45, 7) is 3.85. The lowest BCUT2D eigenvalue weighted by molar-refractivity contribution is 0.317. The molecule has 0 aliphatic carbocycles. The second-order valence-corrected chi connectivity index (χ2v) is 4.95. The van der Waals surface area contributed by atoms with Gasteiger partial charge in [0.15, 0.2) is 0 Å². The van der Waals surface area contributed by atoms with Gasteiger partial charge in [0.05, 0.1) is 6.61 Å². The molecule has 0 spiro atoms. The second-order valence-electron chi connectivity index (χ2n) is 4.95. The number of rotatable bonds is 6. The van der Waals surface area contributed by atoms with Crippen LogP contribution in [0.15, 0.2) is 48.8 Å². The first-order valence-electron chi connectivity index (χ1n) is 7.71. The average Bonchev–Trinajstić information content (AvgIpc) is 3.06. The van der Waals surface area contributed by atoms with E-state index in [0.29, 0.717) is 0 Å². The Balaban J connectivity index is 1.72. The number of unbranched alkanes of at least 4 members (excludes halogenated alkanes) is 1. The molecule has 0 aliphatic rings. The van der Waals surface area contributed by atoms with E-state index in [4.69, 9.17) is 4.74 Å². The van der Waals surface area contributed by atoms with Gasteiger partial charge in [-0.15, -0.1) is 0 Å². The van der Waals surface area contributed by atoms with Gasteiger partial charge in [-0.05, 0) is 61.1 Å². The minimum absolute atomic E-state index is 0.750. The number of aryl methyl sites for hydroxylation is 1. The molecule has 1 heterocycles. The van der Waals surface area contributed by atoms with Gasteiger partial charge in [0.2, 0.25) is 0 Å². The van der Waals surface area contributed by atoms with Crippen LogP contribution in [-0.2, 0) is 6.54 Å². The third-order valence-electron chi connectivity index (χ3n) is 3.07. The zero-order chi connectivity index (χ0) is 15.5. The summed E-state index contributed by atoms with van der Waals surface area (Å²) in [5, 5.41) is 0. The smallest absolute Gasteiger partial charge is 0.119 e. The van der Waals surface area contributed by atoms with Crippen LogP contribution < -0.4 is 4.74 Å². The molecular formula is C20H21NO. The van der Waals surface area contributed by atoms with Gasteiger partial charge in [-0.3, -0.25) is 0 Å². The number of hydrogen-bond acceptors (Lipinski definition) is 1. The average molecular weight is 291 g/mol. The number of nitrogens with zero attached hydrogens (tertiary/aromatic N) is 1. The molecule has 1 aromatic heterocycles. The van der Waals surface area contributed by atoms with Crippen LogP contribution in [0.3, 0.4) is 0 Å². The van der Waals surface area contributed by atoms with Gasteiger partial charge in [0.25, 0.3) is 0 Å². The van der Waals surface area contributed by atoms with Crippen molar-refractivity contribution in [2.75, 3.05) is 6.61 Å². The van der Waals surface area contributed by atoms with E-state index >= 15 is 0 Å². The summed E-state index contributed by atoms with van der Waals surface area (Å²) in [5.74, 6) is 12.8.